The van der Waals surface area contributed by atoms with Crippen LogP contribution in [0.5, 0.6) is 0 Å². The highest BCUT2D eigenvalue weighted by molar-refractivity contribution is 5.60. The van der Waals surface area contributed by atoms with Gasteiger partial charge in [-0.3, -0.25) is 4.68 Å². The van der Waals surface area contributed by atoms with Crippen molar-refractivity contribution in [2.45, 2.75) is 13.3 Å². The molecule has 5 heteroatoms. The van der Waals surface area contributed by atoms with Crippen molar-refractivity contribution in [2.24, 2.45) is 7.05 Å². The summed E-state index contributed by atoms with van der Waals surface area (Å²) in [6, 6.07) is 1.94. The van der Waals surface area contributed by atoms with E-state index >= 15 is 0 Å². The summed E-state index contributed by atoms with van der Waals surface area (Å²) < 4.78 is 1.76. The van der Waals surface area contributed by atoms with E-state index in [4.69, 9.17) is 0 Å². The molecule has 0 aliphatic carbocycles. The van der Waals surface area contributed by atoms with Crippen LogP contribution < -0.4 is 5.32 Å². The molecule has 2 aromatic heterocycles. The maximum atomic E-state index is 4.23. The minimum atomic E-state index is 0.857. The lowest BCUT2D eigenvalue weighted by Crippen LogP contribution is -2.02. The Morgan fingerprint density at radius 3 is 2.94 bits per heavy atom. The SMILES string of the molecule is CCCNc1cc(-c2cnn(C)c2)ncn1. The van der Waals surface area contributed by atoms with E-state index in [1.54, 1.807) is 17.2 Å². The van der Waals surface area contributed by atoms with E-state index in [1.165, 1.54) is 0 Å². The topological polar surface area (TPSA) is 55.6 Å². The van der Waals surface area contributed by atoms with Crippen molar-refractivity contribution in [1.29, 1.82) is 0 Å². The van der Waals surface area contributed by atoms with Gasteiger partial charge in [0.05, 0.1) is 11.9 Å². The summed E-state index contributed by atoms with van der Waals surface area (Å²) >= 11 is 0. The largest absolute Gasteiger partial charge is 0.370 e. The van der Waals surface area contributed by atoms with Crippen LogP contribution in [0.3, 0.4) is 0 Å². The zero-order valence-corrected chi connectivity index (χ0v) is 9.51. The predicted octanol–water partition coefficient (Wildman–Crippen LogP) is 1.70. The zero-order chi connectivity index (χ0) is 11.4. The van der Waals surface area contributed by atoms with Gasteiger partial charge in [-0.1, -0.05) is 6.92 Å². The molecule has 0 aliphatic rings. The summed E-state index contributed by atoms with van der Waals surface area (Å²) in [5.41, 5.74) is 1.89. The summed E-state index contributed by atoms with van der Waals surface area (Å²) in [5.74, 6) is 0.857. The first-order valence-electron chi connectivity index (χ1n) is 5.34. The van der Waals surface area contributed by atoms with Gasteiger partial charge in [-0.05, 0) is 6.42 Å². The highest BCUT2D eigenvalue weighted by atomic mass is 15.2. The van der Waals surface area contributed by atoms with Crippen molar-refractivity contribution < 1.29 is 0 Å². The van der Waals surface area contributed by atoms with Crippen molar-refractivity contribution in [3.8, 4) is 11.3 Å². The molecule has 2 heterocycles. The summed E-state index contributed by atoms with van der Waals surface area (Å²) in [6.45, 7) is 3.04. The van der Waals surface area contributed by atoms with E-state index < -0.39 is 0 Å². The highest BCUT2D eigenvalue weighted by Gasteiger charge is 2.03. The molecule has 1 N–H and O–H groups in total. The van der Waals surface area contributed by atoms with E-state index in [2.05, 4.69) is 27.3 Å². The molecular formula is C11H15N5. The monoisotopic (exact) mass is 217 g/mol. The molecule has 5 nitrogen and oxygen atoms in total. The van der Waals surface area contributed by atoms with Crippen molar-refractivity contribution >= 4 is 5.82 Å². The lowest BCUT2D eigenvalue weighted by Gasteiger charge is -2.03. The number of aromatic nitrogens is 4. The van der Waals surface area contributed by atoms with Crippen LogP contribution in [0.15, 0.2) is 24.8 Å². The second-order valence-electron chi connectivity index (χ2n) is 3.62. The number of rotatable bonds is 4. The van der Waals surface area contributed by atoms with Gasteiger partial charge >= 0.3 is 0 Å². The third kappa shape index (κ3) is 2.36. The highest BCUT2D eigenvalue weighted by Crippen LogP contribution is 2.17. The Bertz CT molecular complexity index is 463. The first-order valence-corrected chi connectivity index (χ1v) is 5.34. The van der Waals surface area contributed by atoms with Crippen LogP contribution in [0, 0.1) is 0 Å². The smallest absolute Gasteiger partial charge is 0.129 e. The lowest BCUT2D eigenvalue weighted by molar-refractivity contribution is 0.768. The van der Waals surface area contributed by atoms with E-state index in [9.17, 15) is 0 Å². The molecule has 0 spiro atoms. The first kappa shape index (κ1) is 10.6. The van der Waals surface area contributed by atoms with Gasteiger partial charge in [0, 0.05) is 31.4 Å². The van der Waals surface area contributed by atoms with E-state index in [1.807, 2.05) is 19.3 Å². The Balaban J connectivity index is 2.22. The number of aryl methyl sites for hydroxylation is 1. The molecule has 0 unspecified atom stereocenters. The van der Waals surface area contributed by atoms with Gasteiger partial charge in [0.1, 0.15) is 12.1 Å². The number of hydrogen-bond acceptors (Lipinski definition) is 4. The molecule has 0 amide bonds. The number of anilines is 1. The van der Waals surface area contributed by atoms with Crippen LogP contribution in [0.25, 0.3) is 11.3 Å². The fourth-order valence-electron chi connectivity index (χ4n) is 1.42. The Morgan fingerprint density at radius 2 is 2.25 bits per heavy atom. The van der Waals surface area contributed by atoms with E-state index in [0.29, 0.717) is 0 Å². The fourth-order valence-corrected chi connectivity index (χ4v) is 1.42. The second kappa shape index (κ2) is 4.74. The molecule has 84 valence electrons. The van der Waals surface area contributed by atoms with Gasteiger partial charge in [-0.2, -0.15) is 5.10 Å². The Morgan fingerprint density at radius 1 is 1.38 bits per heavy atom. The maximum Gasteiger partial charge on any atom is 0.129 e. The summed E-state index contributed by atoms with van der Waals surface area (Å²) in [4.78, 5) is 8.39. The Hall–Kier alpha value is -1.91. The van der Waals surface area contributed by atoms with Crippen LogP contribution in [-0.4, -0.2) is 26.3 Å². The molecule has 0 saturated carbocycles. The number of nitrogens with zero attached hydrogens (tertiary/aromatic N) is 4. The summed E-state index contributed by atoms with van der Waals surface area (Å²) in [6.07, 6.45) is 6.38. The van der Waals surface area contributed by atoms with Gasteiger partial charge in [0.25, 0.3) is 0 Å². The molecule has 2 rings (SSSR count). The third-order valence-electron chi connectivity index (χ3n) is 2.22. The maximum absolute atomic E-state index is 4.23. The minimum Gasteiger partial charge on any atom is -0.370 e. The van der Waals surface area contributed by atoms with Gasteiger partial charge in [-0.25, -0.2) is 9.97 Å². The molecule has 0 aliphatic heterocycles. The molecule has 0 aromatic carbocycles. The number of hydrogen-bond donors (Lipinski definition) is 1. The van der Waals surface area contributed by atoms with Crippen LogP contribution >= 0.6 is 0 Å². The van der Waals surface area contributed by atoms with E-state index in [0.717, 1.165) is 30.0 Å². The van der Waals surface area contributed by atoms with Gasteiger partial charge in [-0.15, -0.1) is 0 Å². The standard InChI is InChI=1S/C11H15N5/c1-3-4-12-11-5-10(13-8-14-11)9-6-15-16(2)7-9/h5-8H,3-4H2,1-2H3,(H,12,13,14). The summed E-state index contributed by atoms with van der Waals surface area (Å²) in [7, 11) is 1.89. The Kier molecular flexibility index (Phi) is 3.14. The average molecular weight is 217 g/mol. The van der Waals surface area contributed by atoms with Crippen LogP contribution in [0.2, 0.25) is 0 Å². The minimum absolute atomic E-state index is 0.857. The molecule has 0 radical (unpaired) electrons. The molecule has 0 fully saturated rings. The van der Waals surface area contributed by atoms with E-state index in [-0.39, 0.29) is 0 Å². The third-order valence-corrected chi connectivity index (χ3v) is 2.22. The quantitative estimate of drug-likeness (QED) is 0.846. The van der Waals surface area contributed by atoms with Crippen molar-refractivity contribution in [2.75, 3.05) is 11.9 Å². The van der Waals surface area contributed by atoms with Crippen LogP contribution in [0.1, 0.15) is 13.3 Å². The van der Waals surface area contributed by atoms with Crippen molar-refractivity contribution in [1.82, 2.24) is 19.7 Å². The average Bonchev–Trinajstić information content (AvgIpc) is 2.74. The summed E-state index contributed by atoms with van der Waals surface area (Å²) in [5, 5.41) is 7.35. The molecule has 2 aromatic rings. The van der Waals surface area contributed by atoms with Crippen molar-refractivity contribution in [3.05, 3.63) is 24.8 Å². The van der Waals surface area contributed by atoms with Gasteiger partial charge < -0.3 is 5.32 Å². The van der Waals surface area contributed by atoms with Gasteiger partial charge in [0.2, 0.25) is 0 Å². The molecule has 0 bridgehead atoms. The molecule has 16 heavy (non-hydrogen) atoms. The molecule has 0 saturated heterocycles. The van der Waals surface area contributed by atoms with Gasteiger partial charge in [0.15, 0.2) is 0 Å². The van der Waals surface area contributed by atoms with Crippen LogP contribution in [-0.2, 0) is 7.05 Å². The normalized spacial score (nSPS) is 10.4. The first-order chi connectivity index (χ1) is 7.79. The lowest BCUT2D eigenvalue weighted by atomic mass is 10.2. The molecular weight excluding hydrogens is 202 g/mol. The van der Waals surface area contributed by atoms with Crippen molar-refractivity contribution in [3.63, 3.8) is 0 Å². The predicted molar refractivity (Wildman–Crippen MR) is 63.0 cm³/mol. The fraction of sp³-hybridized carbons (Fsp3) is 0.364. The molecule has 0 atom stereocenters. The second-order valence-corrected chi connectivity index (χ2v) is 3.62. The zero-order valence-electron chi connectivity index (χ0n) is 9.51. The Labute approximate surface area is 94.5 Å². The van der Waals surface area contributed by atoms with Crippen LogP contribution in [0.4, 0.5) is 5.82 Å². The number of nitrogens with one attached hydrogen (secondary N) is 1.